The summed E-state index contributed by atoms with van der Waals surface area (Å²) in [4.78, 5) is 14.4. The van der Waals surface area contributed by atoms with Crippen LogP contribution in [-0.4, -0.2) is 15.0 Å². The SMILES string of the molecule is [2H]c1c([2H])c(-c2nc(-c3ccccc3)nc(-c3cccc4sc5ccccc5c34)n2)c([2H])c(-c2c([2H])c([2H])c(-c3c([2H])c([2H])c4c5c([2H])c([2H])c([2H])c([2H])c5c5c([2H])c([2H])c([2H])c([2H])c5c4c3[2H])c([2H])c2[2H])c1[2H]. The normalized spacial score (nSPS) is 16.5. The summed E-state index contributed by atoms with van der Waals surface area (Å²) in [7, 11) is 0. The first-order chi connectivity index (χ1) is 35.2. The molecular formula is C51H31N3S. The molecule has 0 aliphatic heterocycles. The maximum absolute atomic E-state index is 9.66. The Bertz CT molecular complexity index is 4300. The Kier molecular flexibility index (Phi) is 4.17. The fraction of sp³-hybridized carbons (Fsp3) is 0. The van der Waals surface area contributed by atoms with E-state index in [1.807, 2.05) is 42.5 Å². The molecule has 0 spiro atoms. The first-order valence-corrected chi connectivity index (χ1v) is 17.8. The minimum absolute atomic E-state index is 0.135. The van der Waals surface area contributed by atoms with Crippen LogP contribution in [0.5, 0.6) is 0 Å². The van der Waals surface area contributed by atoms with Crippen molar-refractivity contribution in [3.05, 3.63) is 188 Å². The number of thiophene rings is 1. The van der Waals surface area contributed by atoms with Crippen molar-refractivity contribution in [1.29, 1.82) is 0 Å². The molecule has 2 heterocycles. The van der Waals surface area contributed by atoms with Crippen LogP contribution in [0.15, 0.2) is 188 Å². The third-order valence-electron chi connectivity index (χ3n) is 9.22. The van der Waals surface area contributed by atoms with Crippen LogP contribution in [0.4, 0.5) is 0 Å². The van der Waals surface area contributed by atoms with Crippen LogP contribution in [-0.2, 0) is 0 Å². The average Bonchev–Trinajstić information content (AvgIpc) is 3.80. The number of hydrogen-bond donors (Lipinski definition) is 0. The summed E-state index contributed by atoms with van der Waals surface area (Å²) >= 11 is 1.57. The summed E-state index contributed by atoms with van der Waals surface area (Å²) in [5, 5.41) is -0.829. The van der Waals surface area contributed by atoms with E-state index in [1.54, 1.807) is 41.7 Å². The predicted octanol–water partition coefficient (Wildman–Crippen LogP) is 14.0. The van der Waals surface area contributed by atoms with Crippen LogP contribution in [0.1, 0.15) is 26.0 Å². The van der Waals surface area contributed by atoms with Crippen LogP contribution in [0.2, 0.25) is 0 Å². The van der Waals surface area contributed by atoms with E-state index in [4.69, 9.17) is 28.7 Å². The second-order valence-corrected chi connectivity index (χ2v) is 13.5. The van der Waals surface area contributed by atoms with Gasteiger partial charge in [0.05, 0.1) is 26.0 Å². The molecule has 0 bridgehead atoms. The van der Waals surface area contributed by atoms with Gasteiger partial charge < -0.3 is 0 Å². The smallest absolute Gasteiger partial charge is 0.164 e. The number of nitrogens with zero attached hydrogens (tertiary/aromatic N) is 3. The molecule has 0 fully saturated rings. The molecule has 0 saturated heterocycles. The highest BCUT2D eigenvalue weighted by atomic mass is 32.1. The molecule has 4 heteroatoms. The summed E-state index contributed by atoms with van der Waals surface area (Å²) in [5.74, 6) is 0.0222. The quantitative estimate of drug-likeness (QED) is 0.165. The third-order valence-corrected chi connectivity index (χ3v) is 10.4. The molecule has 0 saturated carbocycles. The molecule has 256 valence electrons. The van der Waals surface area contributed by atoms with Crippen LogP contribution < -0.4 is 0 Å². The van der Waals surface area contributed by atoms with Crippen LogP contribution >= 0.6 is 11.3 Å². The Balaban J connectivity index is 1.19. The molecule has 0 atom stereocenters. The largest absolute Gasteiger partial charge is 0.208 e. The second kappa shape index (κ2) is 12.8. The summed E-state index contributed by atoms with van der Waals surface area (Å²) in [5.41, 5.74) is -1.93. The number of fused-ring (bicyclic) bond motifs is 9. The molecule has 0 aliphatic rings. The predicted molar refractivity (Wildman–Crippen MR) is 232 cm³/mol. The molecule has 0 aliphatic carbocycles. The van der Waals surface area contributed by atoms with Gasteiger partial charge in [0.2, 0.25) is 0 Å². The topological polar surface area (TPSA) is 38.7 Å². The van der Waals surface area contributed by atoms with Crippen molar-refractivity contribution in [3.63, 3.8) is 0 Å². The Morgan fingerprint density at radius 2 is 0.891 bits per heavy atom. The third kappa shape index (κ3) is 5.38. The zero-order valence-corrected chi connectivity index (χ0v) is 29.0. The minimum Gasteiger partial charge on any atom is -0.208 e. The second-order valence-electron chi connectivity index (χ2n) is 12.4. The molecule has 11 rings (SSSR count). The van der Waals surface area contributed by atoms with E-state index in [2.05, 4.69) is 0 Å². The molecule has 0 unspecified atom stereocenters. The molecule has 0 radical (unpaired) electrons. The lowest BCUT2D eigenvalue weighted by Crippen LogP contribution is -2.00. The van der Waals surface area contributed by atoms with E-state index in [-0.39, 0.29) is 28.4 Å². The van der Waals surface area contributed by atoms with Gasteiger partial charge in [-0.25, -0.2) is 15.0 Å². The monoisotopic (exact) mass is 736 g/mol. The van der Waals surface area contributed by atoms with Gasteiger partial charge >= 0.3 is 0 Å². The standard InChI is InChI=1S/C51H31N3S/c1-2-12-34(13-3-1)49-52-50(54-51(53-49)44-21-11-23-47-48(44)43-20-8-9-22-46(43)55-47)37-15-10-14-35(30-37)32-24-26-33(27-25-32)36-28-29-42-40-18-5-4-16-38(40)39-17-6-7-19-41(39)45(42)31-36/h1-31H/i4D,5D,6D,7D,10D,14D,15D,16D,17D,18D,19D,24D,25D,26D,27D,28D,29D,30D,31D. The molecule has 0 N–H and O–H groups in total. The van der Waals surface area contributed by atoms with Crippen molar-refractivity contribution < 1.29 is 26.0 Å². The number of benzene rings is 9. The van der Waals surface area contributed by atoms with Crippen LogP contribution in [0.3, 0.4) is 0 Å². The molecule has 9 aromatic carbocycles. The van der Waals surface area contributed by atoms with Crippen molar-refractivity contribution in [2.24, 2.45) is 0 Å². The number of hydrogen-bond acceptors (Lipinski definition) is 4. The first kappa shape index (κ1) is 17.9. The summed E-state index contributed by atoms with van der Waals surface area (Å²) < 4.78 is 174. The van der Waals surface area contributed by atoms with Gasteiger partial charge in [-0.2, -0.15) is 0 Å². The van der Waals surface area contributed by atoms with Crippen molar-refractivity contribution in [2.75, 3.05) is 0 Å². The number of aromatic nitrogens is 3. The van der Waals surface area contributed by atoms with Gasteiger partial charge in [0, 0.05) is 36.9 Å². The zero-order valence-electron chi connectivity index (χ0n) is 47.2. The number of rotatable bonds is 5. The Hall–Kier alpha value is -7.01. The van der Waals surface area contributed by atoms with E-state index < -0.39 is 164 Å². The Morgan fingerprint density at radius 1 is 0.345 bits per heavy atom. The maximum Gasteiger partial charge on any atom is 0.164 e. The lowest BCUT2D eigenvalue weighted by molar-refractivity contribution is 1.08. The van der Waals surface area contributed by atoms with Crippen molar-refractivity contribution >= 4 is 63.8 Å². The van der Waals surface area contributed by atoms with Crippen molar-refractivity contribution in [1.82, 2.24) is 15.0 Å². The molecule has 3 nitrogen and oxygen atoms in total. The molecule has 11 aromatic rings. The van der Waals surface area contributed by atoms with E-state index in [9.17, 15) is 12.3 Å². The van der Waals surface area contributed by atoms with Gasteiger partial charge in [-0.05, 0) is 78.8 Å². The lowest BCUT2D eigenvalue weighted by atomic mass is 9.92. The Morgan fingerprint density at radius 3 is 1.62 bits per heavy atom. The zero-order chi connectivity index (χ0) is 52.8. The first-order valence-electron chi connectivity index (χ1n) is 26.5. The van der Waals surface area contributed by atoms with Gasteiger partial charge in [0.25, 0.3) is 0 Å². The van der Waals surface area contributed by atoms with Gasteiger partial charge in [-0.15, -0.1) is 11.3 Å². The van der Waals surface area contributed by atoms with Gasteiger partial charge in [-0.3, -0.25) is 0 Å². The van der Waals surface area contributed by atoms with E-state index in [1.165, 1.54) is 0 Å². The Labute approximate surface area is 348 Å². The van der Waals surface area contributed by atoms with Crippen molar-refractivity contribution in [3.8, 4) is 56.4 Å². The van der Waals surface area contributed by atoms with Gasteiger partial charge in [0.15, 0.2) is 17.5 Å². The van der Waals surface area contributed by atoms with Gasteiger partial charge in [-0.1, -0.05) is 163 Å². The van der Waals surface area contributed by atoms with E-state index in [0.717, 1.165) is 20.2 Å². The highest BCUT2D eigenvalue weighted by Gasteiger charge is 2.17. The van der Waals surface area contributed by atoms with Crippen LogP contribution in [0.25, 0.3) is 109 Å². The summed E-state index contributed by atoms with van der Waals surface area (Å²) in [6.45, 7) is 0. The fourth-order valence-corrected chi connectivity index (χ4v) is 7.84. The lowest BCUT2D eigenvalue weighted by Gasteiger charge is -2.12. The highest BCUT2D eigenvalue weighted by molar-refractivity contribution is 7.25. The van der Waals surface area contributed by atoms with Crippen LogP contribution in [0, 0.1) is 0 Å². The minimum atomic E-state index is -0.928. The summed E-state index contributed by atoms with van der Waals surface area (Å²) in [6.07, 6.45) is 0. The van der Waals surface area contributed by atoms with E-state index in [0.29, 0.717) is 11.1 Å². The molecule has 0 amide bonds. The van der Waals surface area contributed by atoms with Crippen molar-refractivity contribution in [2.45, 2.75) is 0 Å². The molecule has 55 heavy (non-hydrogen) atoms. The highest BCUT2D eigenvalue weighted by Crippen LogP contribution is 2.41. The maximum atomic E-state index is 9.66. The average molecular weight is 737 g/mol. The van der Waals surface area contributed by atoms with Gasteiger partial charge in [0.1, 0.15) is 0 Å². The summed E-state index contributed by atoms with van der Waals surface area (Å²) in [6, 6.07) is 7.18. The fourth-order valence-electron chi connectivity index (χ4n) is 6.71. The molecular weight excluding hydrogens is 687 g/mol. The van der Waals surface area contributed by atoms with E-state index >= 15 is 0 Å². The molecule has 2 aromatic heterocycles.